The van der Waals surface area contributed by atoms with Crippen molar-refractivity contribution in [1.82, 2.24) is 4.90 Å². The molecule has 0 spiro atoms. The molecule has 1 aliphatic rings. The molecule has 3 aromatic rings. The van der Waals surface area contributed by atoms with Gasteiger partial charge in [0.2, 0.25) is 0 Å². The number of amides is 1. The molecule has 0 bridgehead atoms. The maximum Gasteiger partial charge on any atom is 0.295 e. The predicted molar refractivity (Wildman–Crippen MR) is 135 cm³/mol. The Labute approximate surface area is 200 Å². The van der Waals surface area contributed by atoms with Gasteiger partial charge in [0.05, 0.1) is 24.3 Å². The Hall–Kier alpha value is -3.44. The molecule has 1 unspecified atom stereocenters. The number of hydrogen-bond acceptors (Lipinski definition) is 4. The monoisotopic (exact) mass is 457 g/mol. The highest BCUT2D eigenvalue weighted by Gasteiger charge is 2.46. The summed E-state index contributed by atoms with van der Waals surface area (Å²) >= 11 is 0. The minimum absolute atomic E-state index is 0.0104. The van der Waals surface area contributed by atoms with E-state index in [4.69, 9.17) is 4.74 Å². The lowest BCUT2D eigenvalue weighted by Gasteiger charge is -2.26. The van der Waals surface area contributed by atoms with Crippen molar-refractivity contribution in [3.8, 4) is 0 Å². The Balaban J connectivity index is 1.86. The van der Waals surface area contributed by atoms with E-state index in [2.05, 4.69) is 13.8 Å². The fourth-order valence-corrected chi connectivity index (χ4v) is 4.48. The number of aliphatic hydroxyl groups excluding tert-OH is 1. The number of aliphatic hydroxyl groups is 1. The second-order valence-corrected chi connectivity index (χ2v) is 9.26. The number of Topliss-reactive ketones (excluding diaryl/α,β-unsaturated/α-hetero) is 1. The largest absolute Gasteiger partial charge is 0.507 e. The van der Waals surface area contributed by atoms with Gasteiger partial charge in [-0.2, -0.15) is 0 Å². The van der Waals surface area contributed by atoms with Gasteiger partial charge in [0, 0.05) is 12.1 Å². The topological polar surface area (TPSA) is 66.8 Å². The van der Waals surface area contributed by atoms with Gasteiger partial charge >= 0.3 is 0 Å². The molecular formula is C29H31NO4. The van der Waals surface area contributed by atoms with Crippen molar-refractivity contribution < 1.29 is 19.4 Å². The highest BCUT2D eigenvalue weighted by molar-refractivity contribution is 6.46. The van der Waals surface area contributed by atoms with Gasteiger partial charge in [-0.15, -0.1) is 0 Å². The Bertz CT molecular complexity index is 1240. The zero-order chi connectivity index (χ0) is 24.4. The van der Waals surface area contributed by atoms with Gasteiger partial charge in [0.15, 0.2) is 0 Å². The summed E-state index contributed by atoms with van der Waals surface area (Å²) < 4.78 is 5.68. The molecule has 0 radical (unpaired) electrons. The van der Waals surface area contributed by atoms with Crippen LogP contribution in [0.25, 0.3) is 16.5 Å². The highest BCUT2D eigenvalue weighted by Crippen LogP contribution is 2.40. The van der Waals surface area contributed by atoms with E-state index >= 15 is 0 Å². The number of carbonyl (C=O) groups excluding carboxylic acids is 2. The minimum atomic E-state index is -0.684. The molecular weight excluding hydrogens is 426 g/mol. The molecule has 1 N–H and O–H groups in total. The van der Waals surface area contributed by atoms with Gasteiger partial charge < -0.3 is 14.7 Å². The first-order valence-electron chi connectivity index (χ1n) is 11.8. The smallest absolute Gasteiger partial charge is 0.295 e. The summed E-state index contributed by atoms with van der Waals surface area (Å²) in [6.45, 7) is 8.65. The van der Waals surface area contributed by atoms with E-state index in [1.807, 2.05) is 74.5 Å². The van der Waals surface area contributed by atoms with Crippen LogP contribution >= 0.6 is 0 Å². The molecule has 1 saturated heterocycles. The molecule has 5 nitrogen and oxygen atoms in total. The van der Waals surface area contributed by atoms with Crippen LogP contribution in [-0.4, -0.2) is 41.0 Å². The molecule has 3 aromatic carbocycles. The van der Waals surface area contributed by atoms with E-state index in [0.29, 0.717) is 18.1 Å². The Morgan fingerprint density at radius 1 is 0.941 bits per heavy atom. The number of nitrogens with zero attached hydrogens (tertiary/aromatic N) is 1. The summed E-state index contributed by atoms with van der Waals surface area (Å²) in [5.74, 6) is -1.09. The average Bonchev–Trinajstić information content (AvgIpc) is 3.08. The lowest BCUT2D eigenvalue weighted by atomic mass is 9.92. The summed E-state index contributed by atoms with van der Waals surface area (Å²) in [5.41, 5.74) is 2.61. The van der Waals surface area contributed by atoms with Crippen LogP contribution in [0.3, 0.4) is 0 Å². The van der Waals surface area contributed by atoms with E-state index in [-0.39, 0.29) is 24.0 Å². The van der Waals surface area contributed by atoms with Crippen molar-refractivity contribution in [2.24, 2.45) is 0 Å². The molecule has 5 heteroatoms. The maximum absolute atomic E-state index is 13.3. The second-order valence-electron chi connectivity index (χ2n) is 9.26. The first-order chi connectivity index (χ1) is 16.3. The van der Waals surface area contributed by atoms with Gasteiger partial charge in [-0.05, 0) is 41.7 Å². The Morgan fingerprint density at radius 2 is 1.62 bits per heavy atom. The molecule has 4 rings (SSSR count). The van der Waals surface area contributed by atoms with Crippen LogP contribution in [0.5, 0.6) is 0 Å². The van der Waals surface area contributed by atoms with Crippen molar-refractivity contribution in [1.29, 1.82) is 0 Å². The Kier molecular flexibility index (Phi) is 6.85. The number of likely N-dealkylation sites (tertiary alicyclic amines) is 1. The van der Waals surface area contributed by atoms with E-state index in [1.54, 1.807) is 6.07 Å². The standard InChI is InChI=1S/C29H31NO4/c1-18(2)20-12-14-22(15-13-20)26-25(28(32)29(33)30(26)16-17-34-19(3)4)27(31)24-11-7-9-21-8-5-6-10-23(21)24/h5-15,18-19,26,31H,16-17H2,1-4H3/b27-25-. The first-order valence-corrected chi connectivity index (χ1v) is 11.8. The molecule has 0 aromatic heterocycles. The molecule has 1 atom stereocenters. The fraction of sp³-hybridized carbons (Fsp3) is 0.310. The number of rotatable bonds is 7. The highest BCUT2D eigenvalue weighted by atomic mass is 16.5. The number of fused-ring (bicyclic) bond motifs is 1. The van der Waals surface area contributed by atoms with Crippen LogP contribution in [0.4, 0.5) is 0 Å². The summed E-state index contributed by atoms with van der Waals surface area (Å²) in [6, 6.07) is 20.5. The van der Waals surface area contributed by atoms with Crippen LogP contribution < -0.4 is 0 Å². The molecule has 1 amide bonds. The zero-order valence-corrected chi connectivity index (χ0v) is 20.1. The number of carbonyl (C=O) groups is 2. The predicted octanol–water partition coefficient (Wildman–Crippen LogP) is 5.81. The normalized spacial score (nSPS) is 17.9. The lowest BCUT2D eigenvalue weighted by Crippen LogP contribution is -2.33. The van der Waals surface area contributed by atoms with Crippen LogP contribution in [0.15, 0.2) is 72.3 Å². The van der Waals surface area contributed by atoms with Gasteiger partial charge in [0.25, 0.3) is 11.7 Å². The SMILES string of the molecule is CC(C)OCCN1C(=O)C(=O)/C(=C(\O)c2cccc3ccccc23)C1c1ccc(C(C)C)cc1. The third-order valence-electron chi connectivity index (χ3n) is 6.29. The number of benzene rings is 3. The van der Waals surface area contributed by atoms with Gasteiger partial charge in [-0.1, -0.05) is 80.6 Å². The molecule has 176 valence electrons. The van der Waals surface area contributed by atoms with Crippen molar-refractivity contribution >= 4 is 28.2 Å². The van der Waals surface area contributed by atoms with Crippen LogP contribution in [0.1, 0.15) is 56.3 Å². The van der Waals surface area contributed by atoms with Crippen LogP contribution in [0.2, 0.25) is 0 Å². The van der Waals surface area contributed by atoms with Gasteiger partial charge in [-0.3, -0.25) is 9.59 Å². The summed E-state index contributed by atoms with van der Waals surface area (Å²) in [7, 11) is 0. The van der Waals surface area contributed by atoms with Crippen molar-refractivity contribution in [2.45, 2.75) is 45.8 Å². The van der Waals surface area contributed by atoms with Gasteiger partial charge in [0.1, 0.15) is 5.76 Å². The number of ether oxygens (including phenoxy) is 1. The first kappa shape index (κ1) is 23.7. The van der Waals surface area contributed by atoms with E-state index in [0.717, 1.165) is 21.9 Å². The van der Waals surface area contributed by atoms with E-state index < -0.39 is 17.7 Å². The summed E-state index contributed by atoms with van der Waals surface area (Å²) in [6.07, 6.45) is 0.0104. The quantitative estimate of drug-likeness (QED) is 0.276. The lowest BCUT2D eigenvalue weighted by molar-refractivity contribution is -0.140. The van der Waals surface area contributed by atoms with Gasteiger partial charge in [-0.25, -0.2) is 0 Å². The number of hydrogen-bond donors (Lipinski definition) is 1. The molecule has 1 heterocycles. The maximum atomic E-state index is 13.3. The third-order valence-corrected chi connectivity index (χ3v) is 6.29. The summed E-state index contributed by atoms with van der Waals surface area (Å²) in [5, 5.41) is 13.2. The molecule has 0 saturated carbocycles. The van der Waals surface area contributed by atoms with Crippen LogP contribution in [-0.2, 0) is 14.3 Å². The van der Waals surface area contributed by atoms with Crippen molar-refractivity contribution in [2.75, 3.05) is 13.2 Å². The zero-order valence-electron chi connectivity index (χ0n) is 20.1. The molecule has 1 aliphatic heterocycles. The van der Waals surface area contributed by atoms with Crippen molar-refractivity contribution in [3.63, 3.8) is 0 Å². The summed E-state index contributed by atoms with van der Waals surface area (Å²) in [4.78, 5) is 27.9. The fourth-order valence-electron chi connectivity index (χ4n) is 4.48. The molecule has 1 fully saturated rings. The van der Waals surface area contributed by atoms with Crippen LogP contribution in [0, 0.1) is 0 Å². The average molecular weight is 458 g/mol. The third kappa shape index (κ3) is 4.48. The molecule has 34 heavy (non-hydrogen) atoms. The number of ketones is 1. The minimum Gasteiger partial charge on any atom is -0.507 e. The molecule has 0 aliphatic carbocycles. The second kappa shape index (κ2) is 9.82. The van der Waals surface area contributed by atoms with E-state index in [9.17, 15) is 14.7 Å². The van der Waals surface area contributed by atoms with E-state index in [1.165, 1.54) is 4.90 Å². The Morgan fingerprint density at radius 3 is 2.29 bits per heavy atom. The van der Waals surface area contributed by atoms with Crippen molar-refractivity contribution in [3.05, 3.63) is 89.0 Å².